The lowest BCUT2D eigenvalue weighted by Crippen LogP contribution is -2.31. The molecule has 0 heterocycles. The van der Waals surface area contributed by atoms with E-state index in [1.165, 1.54) is 12.1 Å². The van der Waals surface area contributed by atoms with Gasteiger partial charge in [-0.2, -0.15) is 0 Å². The lowest BCUT2D eigenvalue weighted by atomic mass is 10.1. The number of halogens is 1. The Hall–Kier alpha value is -2.56. The van der Waals surface area contributed by atoms with Crippen molar-refractivity contribution in [3.05, 3.63) is 59.9 Å². The maximum atomic E-state index is 13.2. The molecular formula is C19H22FNO3. The van der Waals surface area contributed by atoms with Crippen molar-refractivity contribution < 1.29 is 18.7 Å². The fraction of sp³-hybridized carbons (Fsp3) is 0.316. The van der Waals surface area contributed by atoms with Crippen LogP contribution in [0.2, 0.25) is 0 Å². The number of hydrogen-bond donors (Lipinski definition) is 1. The normalized spacial score (nSPS) is 12.4. The topological polar surface area (TPSA) is 47.6 Å². The third kappa shape index (κ3) is 4.98. The van der Waals surface area contributed by atoms with Gasteiger partial charge >= 0.3 is 5.97 Å². The Balaban J connectivity index is 2.27. The number of esters is 1. The molecule has 5 heteroatoms. The van der Waals surface area contributed by atoms with E-state index in [0.29, 0.717) is 5.56 Å². The van der Waals surface area contributed by atoms with Crippen LogP contribution in [-0.4, -0.2) is 18.7 Å². The number of anilines is 1. The highest BCUT2D eigenvalue weighted by Crippen LogP contribution is 2.25. The van der Waals surface area contributed by atoms with Gasteiger partial charge in [0.2, 0.25) is 0 Å². The van der Waals surface area contributed by atoms with Gasteiger partial charge in [-0.3, -0.25) is 0 Å². The van der Waals surface area contributed by atoms with E-state index in [4.69, 9.17) is 9.47 Å². The van der Waals surface area contributed by atoms with Crippen LogP contribution >= 0.6 is 0 Å². The summed E-state index contributed by atoms with van der Waals surface area (Å²) in [5.41, 5.74) is 0.745. The molecule has 1 atom stereocenters. The highest BCUT2D eigenvalue weighted by Gasteiger charge is 2.26. The first-order valence-electron chi connectivity index (χ1n) is 7.67. The fourth-order valence-electron chi connectivity index (χ4n) is 2.15. The predicted molar refractivity (Wildman–Crippen MR) is 91.6 cm³/mol. The van der Waals surface area contributed by atoms with Crippen molar-refractivity contribution in [2.45, 2.75) is 32.4 Å². The minimum absolute atomic E-state index is 0.355. The van der Waals surface area contributed by atoms with Gasteiger partial charge in [0.1, 0.15) is 17.2 Å². The summed E-state index contributed by atoms with van der Waals surface area (Å²) in [6, 6.07) is 12.2. The van der Waals surface area contributed by atoms with Gasteiger partial charge in [0.15, 0.2) is 6.04 Å². The van der Waals surface area contributed by atoms with Crippen LogP contribution in [0.25, 0.3) is 0 Å². The Labute approximate surface area is 141 Å². The monoisotopic (exact) mass is 331 g/mol. The van der Waals surface area contributed by atoms with Crippen LogP contribution in [-0.2, 0) is 9.53 Å². The van der Waals surface area contributed by atoms with Gasteiger partial charge in [-0.1, -0.05) is 12.1 Å². The number of nitrogens with one attached hydrogen (secondary N) is 1. The molecule has 0 aliphatic rings. The molecule has 0 spiro atoms. The van der Waals surface area contributed by atoms with Crippen molar-refractivity contribution in [2.24, 2.45) is 0 Å². The number of carbonyl (C=O) groups is 1. The second-order valence-corrected chi connectivity index (χ2v) is 6.39. The highest BCUT2D eigenvalue weighted by molar-refractivity contribution is 5.81. The third-order valence-electron chi connectivity index (χ3n) is 3.25. The van der Waals surface area contributed by atoms with E-state index in [2.05, 4.69) is 5.32 Å². The first-order valence-corrected chi connectivity index (χ1v) is 7.67. The molecule has 4 nitrogen and oxygen atoms in total. The van der Waals surface area contributed by atoms with Crippen LogP contribution in [0.15, 0.2) is 48.5 Å². The van der Waals surface area contributed by atoms with Crippen molar-refractivity contribution in [1.29, 1.82) is 0 Å². The second-order valence-electron chi connectivity index (χ2n) is 6.39. The Bertz CT molecular complexity index is 675. The van der Waals surface area contributed by atoms with E-state index < -0.39 is 17.6 Å². The first kappa shape index (κ1) is 17.8. The lowest BCUT2D eigenvalue weighted by molar-refractivity contribution is -0.156. The number of hydrogen-bond acceptors (Lipinski definition) is 4. The van der Waals surface area contributed by atoms with Crippen molar-refractivity contribution in [3.8, 4) is 5.75 Å². The van der Waals surface area contributed by atoms with Crippen LogP contribution in [0, 0.1) is 5.82 Å². The van der Waals surface area contributed by atoms with Crippen LogP contribution in [0.4, 0.5) is 10.1 Å². The van der Waals surface area contributed by atoms with E-state index in [1.54, 1.807) is 64.3 Å². The van der Waals surface area contributed by atoms with E-state index in [0.717, 1.165) is 11.4 Å². The molecule has 128 valence electrons. The molecule has 24 heavy (non-hydrogen) atoms. The number of methoxy groups -OCH3 is 1. The summed E-state index contributed by atoms with van der Waals surface area (Å²) in [6.07, 6.45) is 0. The Morgan fingerprint density at radius 2 is 1.62 bits per heavy atom. The standard InChI is InChI=1S/C19H22FNO3/c1-19(2,3)24-18(22)17(13-5-7-14(20)8-6-13)21-15-9-11-16(23-4)12-10-15/h5-12,17,21H,1-4H3/t17-/m1/s1. The average molecular weight is 331 g/mol. The van der Waals surface area contributed by atoms with Gasteiger partial charge in [0.05, 0.1) is 7.11 Å². The van der Waals surface area contributed by atoms with E-state index in [-0.39, 0.29) is 5.82 Å². The Kier molecular flexibility index (Phi) is 5.44. The van der Waals surface area contributed by atoms with Crippen LogP contribution < -0.4 is 10.1 Å². The van der Waals surface area contributed by atoms with Gasteiger partial charge in [-0.05, 0) is 62.7 Å². The number of rotatable bonds is 5. The Morgan fingerprint density at radius 3 is 2.12 bits per heavy atom. The average Bonchev–Trinajstić information content (AvgIpc) is 2.52. The van der Waals surface area contributed by atoms with Crippen molar-refractivity contribution in [2.75, 3.05) is 12.4 Å². The van der Waals surface area contributed by atoms with E-state index in [9.17, 15) is 9.18 Å². The summed E-state index contributed by atoms with van der Waals surface area (Å²) >= 11 is 0. The Morgan fingerprint density at radius 1 is 1.04 bits per heavy atom. The SMILES string of the molecule is COc1ccc(N[C@@H](C(=O)OC(C)(C)C)c2ccc(F)cc2)cc1. The maximum absolute atomic E-state index is 13.2. The largest absolute Gasteiger partial charge is 0.497 e. The molecule has 0 saturated carbocycles. The first-order chi connectivity index (χ1) is 11.3. The van der Waals surface area contributed by atoms with Gasteiger partial charge in [-0.15, -0.1) is 0 Å². The minimum atomic E-state index is -0.738. The zero-order valence-electron chi connectivity index (χ0n) is 14.3. The van der Waals surface area contributed by atoms with Gasteiger partial charge in [-0.25, -0.2) is 9.18 Å². The molecule has 2 aromatic carbocycles. The van der Waals surface area contributed by atoms with E-state index >= 15 is 0 Å². The molecular weight excluding hydrogens is 309 g/mol. The van der Waals surface area contributed by atoms with Gasteiger partial charge in [0, 0.05) is 5.69 Å². The van der Waals surface area contributed by atoms with Crippen LogP contribution in [0.3, 0.4) is 0 Å². The summed E-state index contributed by atoms with van der Waals surface area (Å²) < 4.78 is 23.8. The van der Waals surface area contributed by atoms with Crippen LogP contribution in [0.5, 0.6) is 5.75 Å². The number of carbonyl (C=O) groups excluding carboxylic acids is 1. The molecule has 0 radical (unpaired) electrons. The molecule has 0 bridgehead atoms. The number of ether oxygens (including phenoxy) is 2. The summed E-state index contributed by atoms with van der Waals surface area (Å²) in [4.78, 5) is 12.6. The molecule has 0 unspecified atom stereocenters. The number of benzene rings is 2. The van der Waals surface area contributed by atoms with E-state index in [1.807, 2.05) is 0 Å². The van der Waals surface area contributed by atoms with Crippen LogP contribution in [0.1, 0.15) is 32.4 Å². The summed E-state index contributed by atoms with van der Waals surface area (Å²) in [7, 11) is 1.59. The summed E-state index contributed by atoms with van der Waals surface area (Å²) in [5.74, 6) is -0.0628. The zero-order valence-corrected chi connectivity index (χ0v) is 14.3. The molecule has 2 aromatic rings. The molecule has 2 rings (SSSR count). The molecule has 0 aliphatic heterocycles. The molecule has 0 aliphatic carbocycles. The maximum Gasteiger partial charge on any atom is 0.333 e. The fourth-order valence-corrected chi connectivity index (χ4v) is 2.15. The molecule has 0 fully saturated rings. The molecule has 1 N–H and O–H groups in total. The predicted octanol–water partition coefficient (Wildman–Crippen LogP) is 4.33. The summed E-state index contributed by atoms with van der Waals surface area (Å²) in [6.45, 7) is 5.42. The smallest absolute Gasteiger partial charge is 0.333 e. The molecule has 0 aromatic heterocycles. The van der Waals surface area contributed by atoms with Crippen molar-refractivity contribution in [1.82, 2.24) is 0 Å². The zero-order chi connectivity index (χ0) is 17.7. The summed E-state index contributed by atoms with van der Waals surface area (Å²) in [5, 5.41) is 3.14. The highest BCUT2D eigenvalue weighted by atomic mass is 19.1. The van der Waals surface area contributed by atoms with Crippen molar-refractivity contribution in [3.63, 3.8) is 0 Å². The van der Waals surface area contributed by atoms with Gasteiger partial charge < -0.3 is 14.8 Å². The molecule has 0 saturated heterocycles. The quantitative estimate of drug-likeness (QED) is 0.829. The molecule has 0 amide bonds. The third-order valence-corrected chi connectivity index (χ3v) is 3.25. The van der Waals surface area contributed by atoms with Crippen molar-refractivity contribution >= 4 is 11.7 Å². The minimum Gasteiger partial charge on any atom is -0.497 e. The van der Waals surface area contributed by atoms with Gasteiger partial charge in [0.25, 0.3) is 0 Å². The second kappa shape index (κ2) is 7.34. The lowest BCUT2D eigenvalue weighted by Gasteiger charge is -2.25.